The molecular formula is C14H21ClN2O2. The SMILES string of the molecule is CC(=O)NC(C)c1ccc(OC2CCNC2)cc1.Cl. The average Bonchev–Trinajstić information content (AvgIpc) is 2.82. The van der Waals surface area contributed by atoms with Crippen LogP contribution in [0.25, 0.3) is 0 Å². The number of nitrogens with one attached hydrogen (secondary N) is 2. The second-order valence-electron chi connectivity index (χ2n) is 4.72. The standard InChI is InChI=1S/C14H20N2O2.ClH/c1-10(16-11(2)17)12-3-5-13(6-4-12)18-14-7-8-15-9-14;/h3-6,10,14-15H,7-9H2,1-2H3,(H,16,17);1H. The average molecular weight is 285 g/mol. The first-order chi connectivity index (χ1) is 8.65. The van der Waals surface area contributed by atoms with Gasteiger partial charge in [0.1, 0.15) is 11.9 Å². The molecule has 0 bridgehead atoms. The maximum Gasteiger partial charge on any atom is 0.217 e. The number of benzene rings is 1. The van der Waals surface area contributed by atoms with Crippen LogP contribution in [0.3, 0.4) is 0 Å². The van der Waals surface area contributed by atoms with Gasteiger partial charge in [0.25, 0.3) is 0 Å². The summed E-state index contributed by atoms with van der Waals surface area (Å²) in [7, 11) is 0. The zero-order valence-corrected chi connectivity index (χ0v) is 12.1. The second-order valence-corrected chi connectivity index (χ2v) is 4.72. The molecule has 0 radical (unpaired) electrons. The van der Waals surface area contributed by atoms with Gasteiger partial charge in [0.15, 0.2) is 0 Å². The van der Waals surface area contributed by atoms with Crippen LogP contribution in [0.1, 0.15) is 31.9 Å². The third-order valence-corrected chi connectivity index (χ3v) is 3.12. The zero-order chi connectivity index (χ0) is 13.0. The van der Waals surface area contributed by atoms with Gasteiger partial charge in [-0.2, -0.15) is 0 Å². The lowest BCUT2D eigenvalue weighted by molar-refractivity contribution is -0.119. The maximum atomic E-state index is 11.0. The minimum Gasteiger partial charge on any atom is -0.489 e. The monoisotopic (exact) mass is 284 g/mol. The number of rotatable bonds is 4. The summed E-state index contributed by atoms with van der Waals surface area (Å²) in [6, 6.07) is 7.96. The molecule has 0 spiro atoms. The summed E-state index contributed by atoms with van der Waals surface area (Å²) in [5.74, 6) is 0.877. The molecule has 1 aliphatic rings. The van der Waals surface area contributed by atoms with Gasteiger partial charge in [-0.15, -0.1) is 12.4 Å². The molecule has 0 aliphatic carbocycles. The molecule has 5 heteroatoms. The Bertz CT molecular complexity index is 402. The Morgan fingerprint density at radius 2 is 2.11 bits per heavy atom. The molecule has 4 nitrogen and oxygen atoms in total. The highest BCUT2D eigenvalue weighted by Gasteiger charge is 2.15. The van der Waals surface area contributed by atoms with E-state index in [-0.39, 0.29) is 30.5 Å². The van der Waals surface area contributed by atoms with Gasteiger partial charge in [-0.3, -0.25) is 4.79 Å². The van der Waals surface area contributed by atoms with Gasteiger partial charge in [-0.1, -0.05) is 12.1 Å². The molecule has 1 amide bonds. The van der Waals surface area contributed by atoms with Crippen molar-refractivity contribution in [3.8, 4) is 5.75 Å². The molecule has 106 valence electrons. The maximum absolute atomic E-state index is 11.0. The Morgan fingerprint density at radius 3 is 2.63 bits per heavy atom. The second kappa shape index (κ2) is 7.36. The zero-order valence-electron chi connectivity index (χ0n) is 11.3. The topological polar surface area (TPSA) is 50.4 Å². The Labute approximate surface area is 120 Å². The first-order valence-electron chi connectivity index (χ1n) is 6.39. The molecule has 1 fully saturated rings. The molecular weight excluding hydrogens is 264 g/mol. The summed E-state index contributed by atoms with van der Waals surface area (Å²) in [6.07, 6.45) is 1.34. The number of carbonyl (C=O) groups excluding carboxylic acids is 1. The molecule has 19 heavy (non-hydrogen) atoms. The number of hydrogen-bond donors (Lipinski definition) is 2. The first-order valence-corrected chi connectivity index (χ1v) is 6.39. The summed E-state index contributed by atoms with van der Waals surface area (Å²) in [5, 5.41) is 6.13. The third kappa shape index (κ3) is 4.73. The molecule has 1 heterocycles. The van der Waals surface area contributed by atoms with E-state index >= 15 is 0 Å². The van der Waals surface area contributed by atoms with Crippen LogP contribution in [0.15, 0.2) is 24.3 Å². The fourth-order valence-electron chi connectivity index (χ4n) is 2.14. The minimum absolute atomic E-state index is 0. The highest BCUT2D eigenvalue weighted by atomic mass is 35.5. The van der Waals surface area contributed by atoms with Crippen molar-refractivity contribution in [2.45, 2.75) is 32.4 Å². The van der Waals surface area contributed by atoms with Gasteiger partial charge in [-0.25, -0.2) is 0 Å². The fourth-order valence-corrected chi connectivity index (χ4v) is 2.14. The largest absolute Gasteiger partial charge is 0.489 e. The third-order valence-electron chi connectivity index (χ3n) is 3.12. The van der Waals surface area contributed by atoms with Crippen molar-refractivity contribution in [3.05, 3.63) is 29.8 Å². The van der Waals surface area contributed by atoms with E-state index in [9.17, 15) is 4.79 Å². The predicted molar refractivity (Wildman–Crippen MR) is 77.8 cm³/mol. The summed E-state index contributed by atoms with van der Waals surface area (Å²) in [6.45, 7) is 5.45. The predicted octanol–water partition coefficient (Wildman–Crippen LogP) is 2.05. The Hall–Kier alpha value is -1.26. The van der Waals surface area contributed by atoms with Crippen LogP contribution in [0.2, 0.25) is 0 Å². The highest BCUT2D eigenvalue weighted by molar-refractivity contribution is 5.85. The number of amides is 1. The van der Waals surface area contributed by atoms with E-state index in [2.05, 4.69) is 10.6 Å². The van der Waals surface area contributed by atoms with Gasteiger partial charge in [0.05, 0.1) is 6.04 Å². The van der Waals surface area contributed by atoms with Crippen molar-refractivity contribution in [2.24, 2.45) is 0 Å². The lowest BCUT2D eigenvalue weighted by Crippen LogP contribution is -2.23. The minimum atomic E-state index is -0.0140. The summed E-state index contributed by atoms with van der Waals surface area (Å²) < 4.78 is 5.84. The van der Waals surface area contributed by atoms with E-state index in [0.29, 0.717) is 0 Å². The molecule has 1 saturated heterocycles. The van der Waals surface area contributed by atoms with E-state index in [1.165, 1.54) is 6.92 Å². The smallest absolute Gasteiger partial charge is 0.217 e. The lowest BCUT2D eigenvalue weighted by atomic mass is 10.1. The van der Waals surface area contributed by atoms with E-state index in [1.807, 2.05) is 31.2 Å². The van der Waals surface area contributed by atoms with Crippen molar-refractivity contribution in [3.63, 3.8) is 0 Å². The van der Waals surface area contributed by atoms with Crippen LogP contribution in [-0.2, 0) is 4.79 Å². The van der Waals surface area contributed by atoms with E-state index in [4.69, 9.17) is 4.74 Å². The van der Waals surface area contributed by atoms with Crippen LogP contribution < -0.4 is 15.4 Å². The van der Waals surface area contributed by atoms with Crippen LogP contribution >= 0.6 is 12.4 Å². The van der Waals surface area contributed by atoms with Gasteiger partial charge >= 0.3 is 0 Å². The molecule has 2 atom stereocenters. The van der Waals surface area contributed by atoms with Crippen molar-refractivity contribution >= 4 is 18.3 Å². The van der Waals surface area contributed by atoms with Gasteiger partial charge < -0.3 is 15.4 Å². The fraction of sp³-hybridized carbons (Fsp3) is 0.500. The Morgan fingerprint density at radius 1 is 1.42 bits per heavy atom. The van der Waals surface area contributed by atoms with Crippen molar-refractivity contribution in [2.75, 3.05) is 13.1 Å². The molecule has 1 aliphatic heterocycles. The number of halogens is 1. The normalized spacial score (nSPS) is 19.4. The Kier molecular flexibility index (Phi) is 6.12. The molecule has 1 aromatic carbocycles. The summed E-state index contributed by atoms with van der Waals surface area (Å²) >= 11 is 0. The summed E-state index contributed by atoms with van der Waals surface area (Å²) in [5.41, 5.74) is 1.09. The van der Waals surface area contributed by atoms with Crippen LogP contribution in [0.5, 0.6) is 5.75 Å². The van der Waals surface area contributed by atoms with Crippen molar-refractivity contribution in [1.82, 2.24) is 10.6 Å². The molecule has 2 N–H and O–H groups in total. The van der Waals surface area contributed by atoms with Crippen molar-refractivity contribution < 1.29 is 9.53 Å². The van der Waals surface area contributed by atoms with Gasteiger partial charge in [-0.05, 0) is 37.6 Å². The molecule has 0 saturated carbocycles. The van der Waals surface area contributed by atoms with Crippen LogP contribution in [-0.4, -0.2) is 25.1 Å². The quantitative estimate of drug-likeness (QED) is 0.890. The van der Waals surface area contributed by atoms with Crippen molar-refractivity contribution in [1.29, 1.82) is 0 Å². The van der Waals surface area contributed by atoms with E-state index in [0.717, 1.165) is 30.8 Å². The van der Waals surface area contributed by atoms with Crippen LogP contribution in [0, 0.1) is 0 Å². The first kappa shape index (κ1) is 15.8. The number of ether oxygens (including phenoxy) is 1. The number of carbonyl (C=O) groups is 1. The van der Waals surface area contributed by atoms with E-state index in [1.54, 1.807) is 0 Å². The molecule has 1 aromatic rings. The van der Waals surface area contributed by atoms with Gasteiger partial charge in [0.2, 0.25) is 5.91 Å². The number of hydrogen-bond acceptors (Lipinski definition) is 3. The Balaban J connectivity index is 0.00000180. The molecule has 0 aromatic heterocycles. The van der Waals surface area contributed by atoms with E-state index < -0.39 is 0 Å². The highest BCUT2D eigenvalue weighted by Crippen LogP contribution is 2.19. The molecule has 2 rings (SSSR count). The summed E-state index contributed by atoms with van der Waals surface area (Å²) in [4.78, 5) is 11.0. The van der Waals surface area contributed by atoms with Gasteiger partial charge in [0, 0.05) is 13.5 Å². The molecule has 2 unspecified atom stereocenters. The lowest BCUT2D eigenvalue weighted by Gasteiger charge is -2.15. The van der Waals surface area contributed by atoms with Crippen LogP contribution in [0.4, 0.5) is 0 Å².